The number of unbranched alkanes of at least 4 members (excludes halogenated alkanes) is 2. The zero-order chi connectivity index (χ0) is 20.6. The van der Waals surface area contributed by atoms with Crippen molar-refractivity contribution in [3.8, 4) is 0 Å². The van der Waals surface area contributed by atoms with Crippen molar-refractivity contribution in [1.29, 1.82) is 0 Å². The Labute approximate surface area is 164 Å². The van der Waals surface area contributed by atoms with Crippen molar-refractivity contribution in [3.05, 3.63) is 0 Å². The Morgan fingerprint density at radius 3 is 2.41 bits per heavy atom. The highest BCUT2D eigenvalue weighted by atomic mass is 32.3. The molecular formula is C13H25NO10S3. The monoisotopic (exact) mass is 451 g/mol. The Hall–Kier alpha value is -0.320. The van der Waals surface area contributed by atoms with Crippen LogP contribution in [0.5, 0.6) is 0 Å². The van der Waals surface area contributed by atoms with Crippen LogP contribution in [0.1, 0.15) is 25.7 Å². The van der Waals surface area contributed by atoms with E-state index in [0.717, 1.165) is 11.8 Å². The predicted octanol–water partition coefficient (Wildman–Crippen LogP) is -1.41. The Bertz CT molecular complexity index is 611. The second kappa shape index (κ2) is 11.6. The van der Waals surface area contributed by atoms with E-state index in [-0.39, 0.29) is 11.5 Å². The van der Waals surface area contributed by atoms with E-state index in [1.807, 2.05) is 0 Å². The molecule has 14 heteroatoms. The maximum absolute atomic E-state index is 11.0. The zero-order valence-corrected chi connectivity index (χ0v) is 17.0. The summed E-state index contributed by atoms with van der Waals surface area (Å²) in [4.78, 5) is 0. The normalized spacial score (nSPS) is 30.9. The maximum atomic E-state index is 11.0. The lowest BCUT2D eigenvalue weighted by molar-refractivity contribution is -0.205. The van der Waals surface area contributed by atoms with Gasteiger partial charge in [-0.1, -0.05) is 23.3 Å². The molecule has 160 valence electrons. The van der Waals surface area contributed by atoms with Gasteiger partial charge in [-0.2, -0.15) is 8.42 Å². The van der Waals surface area contributed by atoms with Gasteiger partial charge in [0.1, 0.15) is 34.9 Å². The average molecular weight is 452 g/mol. The van der Waals surface area contributed by atoms with E-state index in [4.69, 9.17) is 9.29 Å². The molecule has 1 saturated heterocycles. The van der Waals surface area contributed by atoms with E-state index >= 15 is 0 Å². The predicted molar refractivity (Wildman–Crippen MR) is 98.8 cm³/mol. The SMILES string of the molecule is CS(=O)CCCCC/C(=N\OS(=O)(=O)O)S[C@@H]1O[C@H](CO)[C@@H](O)[C@@H](O)[C@H]1O. The zero-order valence-electron chi connectivity index (χ0n) is 14.6. The van der Waals surface area contributed by atoms with E-state index in [1.165, 1.54) is 0 Å². The summed E-state index contributed by atoms with van der Waals surface area (Å²) in [6, 6.07) is 0. The van der Waals surface area contributed by atoms with Crippen LogP contribution in [0.4, 0.5) is 0 Å². The second-order valence-electron chi connectivity index (χ2n) is 5.89. The first-order valence-electron chi connectivity index (χ1n) is 8.05. The fourth-order valence-electron chi connectivity index (χ4n) is 2.27. The Morgan fingerprint density at radius 1 is 1.19 bits per heavy atom. The Morgan fingerprint density at radius 2 is 1.85 bits per heavy atom. The van der Waals surface area contributed by atoms with Crippen LogP contribution >= 0.6 is 11.8 Å². The minimum atomic E-state index is -4.83. The molecule has 5 N–H and O–H groups in total. The summed E-state index contributed by atoms with van der Waals surface area (Å²) < 4.78 is 50.5. The van der Waals surface area contributed by atoms with Crippen molar-refractivity contribution in [3.63, 3.8) is 0 Å². The molecule has 0 aromatic rings. The number of nitrogens with zero attached hydrogens (tertiary/aromatic N) is 1. The van der Waals surface area contributed by atoms with Gasteiger partial charge in [0.2, 0.25) is 0 Å². The summed E-state index contributed by atoms with van der Waals surface area (Å²) in [5.74, 6) is 0.522. The van der Waals surface area contributed by atoms with Crippen molar-refractivity contribution < 1.29 is 46.6 Å². The number of rotatable bonds is 10. The molecule has 0 amide bonds. The number of aliphatic hydroxyl groups is 4. The summed E-state index contributed by atoms with van der Waals surface area (Å²) in [5.41, 5.74) is -1.16. The number of oxime groups is 1. The molecule has 1 unspecified atom stereocenters. The molecule has 1 aliphatic rings. The highest BCUT2D eigenvalue weighted by molar-refractivity contribution is 8.14. The summed E-state index contributed by atoms with van der Waals surface area (Å²) in [5, 5.41) is 42.2. The fourth-order valence-corrected chi connectivity index (χ4v) is 4.22. The molecule has 1 heterocycles. The quantitative estimate of drug-likeness (QED) is 0.0864. The van der Waals surface area contributed by atoms with Crippen LogP contribution in [0.15, 0.2) is 5.16 Å². The summed E-state index contributed by atoms with van der Waals surface area (Å²) in [6.45, 7) is -0.607. The largest absolute Gasteiger partial charge is 0.466 e. The first kappa shape index (κ1) is 24.7. The number of thioether (sulfide) groups is 1. The van der Waals surface area contributed by atoms with Gasteiger partial charge in [0.25, 0.3) is 0 Å². The second-order valence-corrected chi connectivity index (χ2v) is 9.62. The lowest BCUT2D eigenvalue weighted by Gasteiger charge is -2.39. The Kier molecular flexibility index (Phi) is 10.6. The van der Waals surface area contributed by atoms with E-state index in [9.17, 15) is 33.1 Å². The van der Waals surface area contributed by atoms with Crippen LogP contribution in [0.3, 0.4) is 0 Å². The first-order valence-corrected chi connectivity index (χ1v) is 12.0. The number of hydrogen-bond donors (Lipinski definition) is 5. The minimum Gasteiger partial charge on any atom is -0.394 e. The molecule has 27 heavy (non-hydrogen) atoms. The molecule has 0 saturated carbocycles. The first-order chi connectivity index (χ1) is 12.5. The number of ether oxygens (including phenoxy) is 1. The lowest BCUT2D eigenvalue weighted by Crippen LogP contribution is -2.57. The Balaban J connectivity index is 2.75. The topological polar surface area (TPSA) is 183 Å². The molecule has 0 spiro atoms. The molecule has 0 aliphatic carbocycles. The van der Waals surface area contributed by atoms with Gasteiger partial charge in [0, 0.05) is 22.8 Å². The van der Waals surface area contributed by atoms with Gasteiger partial charge in [-0.3, -0.25) is 8.76 Å². The van der Waals surface area contributed by atoms with E-state index < -0.39 is 57.7 Å². The van der Waals surface area contributed by atoms with Crippen LogP contribution in [0, 0.1) is 0 Å². The van der Waals surface area contributed by atoms with Gasteiger partial charge in [-0.05, 0) is 19.3 Å². The van der Waals surface area contributed by atoms with Crippen LogP contribution in [0.2, 0.25) is 0 Å². The van der Waals surface area contributed by atoms with Crippen molar-refractivity contribution >= 4 is 38.0 Å². The van der Waals surface area contributed by atoms with Gasteiger partial charge < -0.3 is 25.2 Å². The number of hydrogen-bond acceptors (Lipinski definition) is 11. The van der Waals surface area contributed by atoms with Crippen LogP contribution in [0.25, 0.3) is 0 Å². The van der Waals surface area contributed by atoms with Crippen molar-refractivity contribution in [2.24, 2.45) is 5.16 Å². The molecule has 1 rings (SSSR count). The third kappa shape index (κ3) is 9.15. The minimum absolute atomic E-state index is 0.0505. The van der Waals surface area contributed by atoms with Gasteiger partial charge in [0.05, 0.1) is 6.61 Å². The van der Waals surface area contributed by atoms with E-state index in [1.54, 1.807) is 6.26 Å². The summed E-state index contributed by atoms with van der Waals surface area (Å²) in [6.07, 6.45) is -2.11. The molecule has 1 aliphatic heterocycles. The smallest absolute Gasteiger partial charge is 0.394 e. The maximum Gasteiger partial charge on any atom is 0.466 e. The summed E-state index contributed by atoms with van der Waals surface area (Å²) >= 11 is 0.739. The molecule has 1 fully saturated rings. The van der Waals surface area contributed by atoms with Crippen molar-refractivity contribution in [1.82, 2.24) is 0 Å². The molecule has 11 nitrogen and oxygen atoms in total. The molecule has 0 aromatic carbocycles. The molecular weight excluding hydrogens is 426 g/mol. The van der Waals surface area contributed by atoms with Crippen LogP contribution in [-0.2, 0) is 30.2 Å². The molecule has 0 aromatic heterocycles. The summed E-state index contributed by atoms with van der Waals surface area (Å²) in [7, 11) is -5.75. The van der Waals surface area contributed by atoms with Crippen molar-refractivity contribution in [2.45, 2.75) is 55.5 Å². The van der Waals surface area contributed by atoms with Gasteiger partial charge in [-0.25, -0.2) is 4.28 Å². The molecule has 0 bridgehead atoms. The van der Waals surface area contributed by atoms with Crippen molar-refractivity contribution in [2.75, 3.05) is 18.6 Å². The third-order valence-corrected chi connectivity index (χ3v) is 5.96. The standard InChI is InChI=1S/C13H25NO10S3/c1-26(19)6-4-2-3-5-9(14-24-27(20,21)22)25-13-12(18)11(17)10(16)8(7-15)23-13/h8,10-13,15-18H,2-7H2,1H3,(H,20,21,22)/b14-9+/t8-,10-,11-,12-,13+,26?/m1/s1. The highest BCUT2D eigenvalue weighted by Crippen LogP contribution is 2.30. The van der Waals surface area contributed by atoms with Crippen LogP contribution < -0.4 is 0 Å². The number of aliphatic hydroxyl groups excluding tert-OH is 4. The van der Waals surface area contributed by atoms with Gasteiger partial charge in [0.15, 0.2) is 0 Å². The van der Waals surface area contributed by atoms with Crippen LogP contribution in [-0.4, -0.2) is 91.1 Å². The van der Waals surface area contributed by atoms with E-state index in [0.29, 0.717) is 25.0 Å². The third-order valence-electron chi connectivity index (χ3n) is 3.66. The molecule has 6 atom stereocenters. The average Bonchev–Trinajstić information content (AvgIpc) is 2.58. The molecule has 0 radical (unpaired) electrons. The van der Waals surface area contributed by atoms with Gasteiger partial charge >= 0.3 is 10.4 Å². The fraction of sp³-hybridized carbons (Fsp3) is 0.923. The van der Waals surface area contributed by atoms with E-state index in [2.05, 4.69) is 9.44 Å². The highest BCUT2D eigenvalue weighted by Gasteiger charge is 2.44. The lowest BCUT2D eigenvalue weighted by atomic mass is 10.0. The van der Waals surface area contributed by atoms with Gasteiger partial charge in [-0.15, -0.1) is 0 Å².